The maximum Gasteiger partial charge on any atom is 0.200 e. The van der Waals surface area contributed by atoms with Crippen LogP contribution in [-0.2, 0) is 18.9 Å². The summed E-state index contributed by atoms with van der Waals surface area (Å²) in [6, 6.07) is 0. The fourth-order valence-corrected chi connectivity index (χ4v) is 3.16. The number of nitrogens with two attached hydrogens (primary N) is 1. The summed E-state index contributed by atoms with van der Waals surface area (Å²) in [6.07, 6.45) is 0.289. The molecular formula is C13H19N5O4S. The molecule has 0 bridgehead atoms. The Bertz CT molecular complexity index is 748. The van der Waals surface area contributed by atoms with Gasteiger partial charge in [-0.15, -0.1) is 0 Å². The van der Waals surface area contributed by atoms with Crippen LogP contribution in [-0.4, -0.2) is 65.8 Å². The number of aromatic amines is 1. The molecule has 0 unspecified atom stereocenters. The van der Waals surface area contributed by atoms with Crippen LogP contribution < -0.4 is 5.73 Å². The van der Waals surface area contributed by atoms with Gasteiger partial charge in [0.2, 0.25) is 0 Å². The van der Waals surface area contributed by atoms with Crippen molar-refractivity contribution >= 4 is 29.3 Å². The first-order valence-corrected chi connectivity index (χ1v) is 7.43. The number of hydrogen-bond acceptors (Lipinski definition) is 8. The zero-order valence-electron chi connectivity index (χ0n) is 13.1. The van der Waals surface area contributed by atoms with Gasteiger partial charge in [0.05, 0.1) is 12.9 Å². The summed E-state index contributed by atoms with van der Waals surface area (Å²) in [4.78, 5) is 11.3. The van der Waals surface area contributed by atoms with Gasteiger partial charge >= 0.3 is 0 Å². The number of nitrogens with one attached hydrogen (secondary N) is 1. The second kappa shape index (κ2) is 6.49. The van der Waals surface area contributed by atoms with Crippen molar-refractivity contribution in [1.82, 2.24) is 19.5 Å². The number of nitrogens with zero attached hydrogens (tertiary/aromatic N) is 3. The third-order valence-electron chi connectivity index (χ3n) is 3.90. The smallest absolute Gasteiger partial charge is 0.200 e. The van der Waals surface area contributed by atoms with Gasteiger partial charge < -0.3 is 29.7 Å². The molecule has 3 heterocycles. The molecule has 1 aliphatic rings. The zero-order valence-corrected chi connectivity index (χ0v) is 13.9. The number of imidazole rings is 1. The monoisotopic (exact) mass is 341 g/mol. The molecular weight excluding hydrogens is 322 g/mol. The predicted molar refractivity (Wildman–Crippen MR) is 84.5 cm³/mol. The third-order valence-corrected chi connectivity index (χ3v) is 4.18. The summed E-state index contributed by atoms with van der Waals surface area (Å²) in [5.41, 5.74) is 6.94. The molecule has 10 heteroatoms. The molecule has 3 rings (SSSR count). The highest BCUT2D eigenvalue weighted by Crippen LogP contribution is 2.34. The van der Waals surface area contributed by atoms with E-state index in [1.165, 1.54) is 0 Å². The predicted octanol–water partition coefficient (Wildman–Crippen LogP) is 0.645. The topological polar surface area (TPSA) is 109 Å². The van der Waals surface area contributed by atoms with E-state index >= 15 is 0 Å². The van der Waals surface area contributed by atoms with E-state index in [0.717, 1.165) is 0 Å². The van der Waals surface area contributed by atoms with Crippen LogP contribution in [0.4, 0.5) is 5.95 Å². The van der Waals surface area contributed by atoms with Crippen molar-refractivity contribution in [3.8, 4) is 0 Å². The third kappa shape index (κ3) is 2.72. The van der Waals surface area contributed by atoms with Crippen LogP contribution in [0, 0.1) is 4.64 Å². The minimum atomic E-state index is -0.456. The molecule has 0 radical (unpaired) electrons. The van der Waals surface area contributed by atoms with E-state index in [-0.39, 0.29) is 24.3 Å². The number of H-pyrrole nitrogens is 1. The Hall–Kier alpha value is -1.59. The highest BCUT2D eigenvalue weighted by Gasteiger charge is 2.46. The first-order valence-electron chi connectivity index (χ1n) is 7.03. The molecule has 0 aromatic carbocycles. The Morgan fingerprint density at radius 2 is 2.09 bits per heavy atom. The number of anilines is 1. The van der Waals surface area contributed by atoms with E-state index in [0.29, 0.717) is 22.4 Å². The van der Waals surface area contributed by atoms with Crippen LogP contribution in [0.3, 0.4) is 0 Å². The van der Waals surface area contributed by atoms with Crippen molar-refractivity contribution in [3.05, 3.63) is 11.0 Å². The summed E-state index contributed by atoms with van der Waals surface area (Å²) in [5, 5.41) is 0. The Morgan fingerprint density at radius 1 is 1.35 bits per heavy atom. The lowest BCUT2D eigenvalue weighted by atomic mass is 10.1. The minimum absolute atomic E-state index is 0.216. The molecule has 126 valence electrons. The fourth-order valence-electron chi connectivity index (χ4n) is 2.91. The molecule has 23 heavy (non-hydrogen) atoms. The number of nitrogen functional groups attached to an aromatic ring is 1. The van der Waals surface area contributed by atoms with Crippen molar-refractivity contribution < 1.29 is 18.9 Å². The molecule has 1 aliphatic heterocycles. The highest BCUT2D eigenvalue weighted by molar-refractivity contribution is 7.71. The molecule has 9 nitrogen and oxygen atoms in total. The van der Waals surface area contributed by atoms with E-state index in [1.807, 2.05) is 0 Å². The molecule has 2 aromatic heterocycles. The molecule has 2 aromatic rings. The van der Waals surface area contributed by atoms with Crippen LogP contribution in [0.15, 0.2) is 6.33 Å². The Labute approximate surface area is 137 Å². The van der Waals surface area contributed by atoms with Gasteiger partial charge in [0, 0.05) is 21.3 Å². The summed E-state index contributed by atoms with van der Waals surface area (Å²) >= 11 is 5.19. The van der Waals surface area contributed by atoms with Gasteiger partial charge in [0.25, 0.3) is 0 Å². The Kier molecular flexibility index (Phi) is 4.60. The molecule has 3 N–H and O–H groups in total. The lowest BCUT2D eigenvalue weighted by molar-refractivity contribution is -0.0636. The van der Waals surface area contributed by atoms with Crippen molar-refractivity contribution in [1.29, 1.82) is 0 Å². The van der Waals surface area contributed by atoms with Crippen molar-refractivity contribution in [2.45, 2.75) is 24.5 Å². The second-order valence-electron chi connectivity index (χ2n) is 5.20. The van der Waals surface area contributed by atoms with Crippen molar-refractivity contribution in [2.24, 2.45) is 0 Å². The SMILES string of the molecule is COC[C@H]1O[C@@H](n2cnc3c(=S)nc(N)[nH]c32)[C@H](OC)[C@@H]1OC. The quantitative estimate of drug-likeness (QED) is 0.763. The number of ether oxygens (including phenoxy) is 4. The highest BCUT2D eigenvalue weighted by atomic mass is 32.1. The van der Waals surface area contributed by atoms with Gasteiger partial charge in [-0.1, -0.05) is 12.2 Å². The summed E-state index contributed by atoms with van der Waals surface area (Å²) in [6.45, 7) is 0.390. The lowest BCUT2D eigenvalue weighted by Crippen LogP contribution is -2.36. The van der Waals surface area contributed by atoms with Gasteiger partial charge in [0.15, 0.2) is 16.8 Å². The summed E-state index contributed by atoms with van der Waals surface area (Å²) in [7, 11) is 4.84. The van der Waals surface area contributed by atoms with E-state index in [4.69, 9.17) is 36.9 Å². The average Bonchev–Trinajstić information content (AvgIpc) is 3.08. The van der Waals surface area contributed by atoms with Gasteiger partial charge in [-0.05, 0) is 0 Å². The lowest BCUT2D eigenvalue weighted by Gasteiger charge is -2.22. The first kappa shape index (κ1) is 16.3. The van der Waals surface area contributed by atoms with Crippen LogP contribution >= 0.6 is 12.2 Å². The van der Waals surface area contributed by atoms with Gasteiger partial charge in [-0.25, -0.2) is 9.97 Å². The van der Waals surface area contributed by atoms with Gasteiger partial charge in [-0.2, -0.15) is 0 Å². The number of methoxy groups -OCH3 is 3. The van der Waals surface area contributed by atoms with Crippen molar-refractivity contribution in [3.63, 3.8) is 0 Å². The summed E-state index contributed by atoms with van der Waals surface area (Å²) in [5.74, 6) is 0.216. The van der Waals surface area contributed by atoms with Gasteiger partial charge in [-0.3, -0.25) is 4.57 Å². The van der Waals surface area contributed by atoms with Crippen LogP contribution in [0.5, 0.6) is 0 Å². The molecule has 0 spiro atoms. The zero-order chi connectivity index (χ0) is 16.6. The second-order valence-corrected chi connectivity index (χ2v) is 5.58. The normalized spacial score (nSPS) is 27.8. The van der Waals surface area contributed by atoms with Crippen molar-refractivity contribution in [2.75, 3.05) is 33.7 Å². The van der Waals surface area contributed by atoms with Crippen LogP contribution in [0.1, 0.15) is 6.23 Å². The van der Waals surface area contributed by atoms with Crippen LogP contribution in [0.2, 0.25) is 0 Å². The Balaban J connectivity index is 2.05. The largest absolute Gasteiger partial charge is 0.382 e. The summed E-state index contributed by atoms with van der Waals surface area (Å²) < 4.78 is 24.5. The molecule has 0 aliphatic carbocycles. The number of aromatic nitrogens is 4. The number of fused-ring (bicyclic) bond motifs is 1. The maximum absolute atomic E-state index is 6.07. The maximum atomic E-state index is 6.07. The fraction of sp³-hybridized carbons (Fsp3) is 0.615. The molecule has 0 amide bonds. The molecule has 4 atom stereocenters. The average molecular weight is 341 g/mol. The number of rotatable bonds is 5. The van der Waals surface area contributed by atoms with Gasteiger partial charge in [0.1, 0.15) is 29.5 Å². The van der Waals surface area contributed by atoms with Crippen LogP contribution in [0.25, 0.3) is 11.2 Å². The molecule has 1 fully saturated rings. The Morgan fingerprint density at radius 3 is 2.74 bits per heavy atom. The minimum Gasteiger partial charge on any atom is -0.382 e. The van der Waals surface area contributed by atoms with E-state index in [1.54, 1.807) is 32.2 Å². The molecule has 1 saturated heterocycles. The molecule has 0 saturated carbocycles. The van der Waals surface area contributed by atoms with E-state index in [9.17, 15) is 0 Å². The standard InChI is InChI=1S/C13H19N5O4S/c1-19-4-6-8(20-2)9(21-3)12(22-6)18-5-15-7-10(18)16-13(14)17-11(7)23/h5-6,8-9,12H,4H2,1-3H3,(H3,14,16,17,23)/t6-,8-,9-,12-/m1/s1. The first-order chi connectivity index (χ1) is 11.1. The van der Waals surface area contributed by atoms with E-state index < -0.39 is 6.23 Å². The van der Waals surface area contributed by atoms with E-state index in [2.05, 4.69) is 15.0 Å². The number of hydrogen-bond donors (Lipinski definition) is 2.